The molecule has 10 aliphatic rings. The van der Waals surface area contributed by atoms with Crippen molar-refractivity contribution in [2.24, 2.45) is 0 Å². The van der Waals surface area contributed by atoms with Crippen molar-refractivity contribution < 1.29 is 253 Å². The lowest BCUT2D eigenvalue weighted by molar-refractivity contribution is -0.407. The molecule has 10 aliphatic heterocycles. The number of aliphatic hydroxyl groups excluding tert-OH is 30. The summed E-state index contributed by atoms with van der Waals surface area (Å²) in [5.41, 5.74) is 0. The van der Waals surface area contributed by atoms with Crippen LogP contribution >= 0.6 is 12.6 Å². The van der Waals surface area contributed by atoms with Crippen LogP contribution < -0.4 is 5.32 Å². The zero-order valence-electron chi connectivity index (χ0n) is 62.5. The van der Waals surface area contributed by atoms with E-state index in [1.807, 2.05) is 0 Å². The van der Waals surface area contributed by atoms with Crippen molar-refractivity contribution in [3.63, 3.8) is 0 Å². The average molecular weight is 1750 g/mol. The predicted molar refractivity (Wildman–Crippen MR) is 363 cm³/mol. The molecule has 1 amide bonds. The lowest BCUT2D eigenvalue weighted by Gasteiger charge is -2.51. The lowest BCUT2D eigenvalue weighted by Crippen LogP contribution is -2.70. The molecular weight excluding hydrogens is 1640 g/mol. The van der Waals surface area contributed by atoms with Crippen LogP contribution in [0.5, 0.6) is 0 Å². The first kappa shape index (κ1) is 98.0. The summed E-state index contributed by atoms with van der Waals surface area (Å²) in [6, 6.07) is -2.02. The molecule has 31 N–H and O–H groups in total. The van der Waals surface area contributed by atoms with Crippen molar-refractivity contribution in [2.45, 2.75) is 320 Å². The zero-order valence-corrected chi connectivity index (χ0v) is 63.4. The summed E-state index contributed by atoms with van der Waals surface area (Å²) in [5, 5.41) is 332. The van der Waals surface area contributed by atoms with E-state index in [0.29, 0.717) is 0 Å². The highest BCUT2D eigenvalue weighted by molar-refractivity contribution is 7.80. The minimum Gasteiger partial charge on any atom is -0.394 e. The van der Waals surface area contributed by atoms with E-state index >= 15 is 0 Å². The minimum atomic E-state index is -2.41. The molecule has 0 aromatic rings. The second kappa shape index (κ2) is 43.5. The number of amides is 1. The van der Waals surface area contributed by atoms with Crippen LogP contribution in [0.1, 0.15) is 13.3 Å². The molecule has 0 spiro atoms. The van der Waals surface area contributed by atoms with Crippen LogP contribution in [0.15, 0.2) is 0 Å². The molecule has 0 saturated carbocycles. The molecule has 0 aliphatic carbocycles. The summed E-state index contributed by atoms with van der Waals surface area (Å²) in [5.74, 6) is -0.851. The van der Waals surface area contributed by atoms with Gasteiger partial charge in [-0.3, -0.25) is 4.79 Å². The van der Waals surface area contributed by atoms with Gasteiger partial charge < -0.3 is 253 Å². The van der Waals surface area contributed by atoms with E-state index in [4.69, 9.17) is 94.7 Å². The van der Waals surface area contributed by atoms with Crippen LogP contribution in [0.4, 0.5) is 0 Å². The maximum absolute atomic E-state index is 13.1. The Morgan fingerprint density at radius 2 is 0.508 bits per heavy atom. The second-order valence-corrected chi connectivity index (χ2v) is 30.1. The molecule has 0 aromatic carbocycles. The first-order valence-corrected chi connectivity index (χ1v) is 38.4. The number of ether oxygens (including phenoxy) is 20. The molecule has 10 heterocycles. The van der Waals surface area contributed by atoms with Gasteiger partial charge in [-0.25, -0.2) is 0 Å². The monoisotopic (exact) mass is 1750 g/mol. The number of nitrogens with one attached hydrogen (secondary N) is 1. The first-order valence-electron chi connectivity index (χ1n) is 37.8. The Morgan fingerprint density at radius 1 is 0.254 bits per heavy atom. The Labute approximate surface area is 673 Å². The normalized spacial score (nSPS) is 51.2. The van der Waals surface area contributed by atoms with Crippen LogP contribution in [-0.4, -0.2) is 545 Å². The molecule has 688 valence electrons. The molecule has 50 atom stereocenters. The van der Waals surface area contributed by atoms with E-state index < -0.39 is 379 Å². The Bertz CT molecular complexity index is 2990. The molecule has 10 rings (SSSR count). The maximum Gasteiger partial charge on any atom is 0.217 e. The quantitative estimate of drug-likeness (QED) is 0.0214. The summed E-state index contributed by atoms with van der Waals surface area (Å²) in [6.07, 6.45) is -102. The number of hydrogen-bond acceptors (Lipinski definition) is 52. The first-order chi connectivity index (χ1) is 56.1. The molecule has 52 nitrogen and oxygen atoms in total. The molecule has 118 heavy (non-hydrogen) atoms. The van der Waals surface area contributed by atoms with Gasteiger partial charge in [-0.2, -0.15) is 12.6 Å². The number of carbonyl (C=O) groups excluding carboxylic acids is 1. The van der Waals surface area contributed by atoms with Gasteiger partial charge >= 0.3 is 0 Å². The average Bonchev–Trinajstić information content (AvgIpc) is 0.769. The van der Waals surface area contributed by atoms with Crippen molar-refractivity contribution in [3.05, 3.63) is 0 Å². The third-order valence-corrected chi connectivity index (χ3v) is 22.1. The minimum absolute atomic E-state index is 0.118. The molecule has 53 heteroatoms. The number of aliphatic hydroxyl groups is 30. The lowest BCUT2D eigenvalue weighted by atomic mass is 9.94. The van der Waals surface area contributed by atoms with Gasteiger partial charge in [0.1, 0.15) is 244 Å². The molecular formula is C65H111NO51S. The maximum atomic E-state index is 13.1. The standard InChI is InChI=1S/C65H111NO51S/c1-15(76)66-26-32(82)48(110-61-44(94)38(88)49(22(11-73)106-61)111-58-41(91)33(83)27(77)16(5-67)100-58)21(10-72)105-56(26)116-55-37(87)31(81)20(9-71)104-65(55)114-52-25(109-57(98-3-2-4-118)47(97)53(52)115-60-43(93)35(85)29(79)18(7-69)102-60)14-99-64-54(36(86)30(80)19(8-70)103-64)117-63-46(96)40(90)51(24(13-75)108-63)113-62-45(95)39(89)50(23(12-74)107-62)112-59-42(92)34(84)28(78)17(6-68)101-59/h16-65,67-75,77-97,118H,2-14H2,1H3,(H,66,76)/t16?,17?,18?,19?,20?,21?,22?,23?,24?,25?,26?,27-,28-,29+,30+,31+,32+,33-,34-,35-,36-,37-,38+,39+,40+,41?,42?,43?,44?,45?,46?,47?,48+,49-,50-,51+,52+,53+,54?,55?,56-,57-,58+,59+,60-,61-,62-,63+,64+,65-/m0/s1. The molecule has 0 radical (unpaired) electrons. The van der Waals surface area contributed by atoms with E-state index in [0.717, 1.165) is 6.92 Å². The van der Waals surface area contributed by atoms with Gasteiger partial charge in [0.25, 0.3) is 0 Å². The molecule has 20 unspecified atom stereocenters. The van der Waals surface area contributed by atoms with E-state index in [1.165, 1.54) is 0 Å². The number of rotatable bonds is 33. The van der Waals surface area contributed by atoms with Crippen LogP contribution in [0.3, 0.4) is 0 Å². The topological polar surface area (TPSA) is 821 Å². The fourth-order valence-electron chi connectivity index (χ4n) is 15.1. The van der Waals surface area contributed by atoms with E-state index in [1.54, 1.807) is 0 Å². The van der Waals surface area contributed by atoms with E-state index in [-0.39, 0.29) is 18.8 Å². The van der Waals surface area contributed by atoms with Crippen molar-refractivity contribution >= 4 is 18.5 Å². The Balaban J connectivity index is 0.923. The molecule has 0 bridgehead atoms. The largest absolute Gasteiger partial charge is 0.394 e. The third kappa shape index (κ3) is 21.1. The highest BCUT2D eigenvalue weighted by Gasteiger charge is 2.62. The third-order valence-electron chi connectivity index (χ3n) is 21.8. The summed E-state index contributed by atoms with van der Waals surface area (Å²) < 4.78 is 118. The number of carbonyl (C=O) groups is 1. The Kier molecular flexibility index (Phi) is 36.2. The van der Waals surface area contributed by atoms with Crippen LogP contribution in [0, 0.1) is 0 Å². The fourth-order valence-corrected chi connectivity index (χ4v) is 15.2. The summed E-state index contributed by atoms with van der Waals surface area (Å²) >= 11 is 4.20. The van der Waals surface area contributed by atoms with Gasteiger partial charge in [-0.1, -0.05) is 0 Å². The van der Waals surface area contributed by atoms with Gasteiger partial charge in [0.2, 0.25) is 5.91 Å². The highest BCUT2D eigenvalue weighted by Crippen LogP contribution is 2.41. The number of hydrogen-bond donors (Lipinski definition) is 32. The van der Waals surface area contributed by atoms with Crippen LogP contribution in [0.2, 0.25) is 0 Å². The molecule has 10 saturated heterocycles. The summed E-state index contributed by atoms with van der Waals surface area (Å²) in [7, 11) is 0. The van der Waals surface area contributed by atoms with Crippen molar-refractivity contribution in [1.29, 1.82) is 0 Å². The Hall–Kier alpha value is -2.18. The number of thiol groups is 1. The summed E-state index contributed by atoms with van der Waals surface area (Å²) in [6.45, 7) is -10.2. The Morgan fingerprint density at radius 3 is 0.856 bits per heavy atom. The highest BCUT2D eigenvalue weighted by atomic mass is 32.1. The van der Waals surface area contributed by atoms with E-state index in [9.17, 15) is 158 Å². The van der Waals surface area contributed by atoms with E-state index in [2.05, 4.69) is 17.9 Å². The van der Waals surface area contributed by atoms with Crippen LogP contribution in [-0.2, 0) is 99.5 Å². The zero-order chi connectivity index (χ0) is 86.5. The fraction of sp³-hybridized carbons (Fsp3) is 0.985. The predicted octanol–water partition coefficient (Wildman–Crippen LogP) is -21.3. The van der Waals surface area contributed by atoms with Crippen molar-refractivity contribution in [1.82, 2.24) is 5.32 Å². The van der Waals surface area contributed by atoms with Gasteiger partial charge in [0.05, 0.1) is 72.7 Å². The van der Waals surface area contributed by atoms with Crippen LogP contribution in [0.25, 0.3) is 0 Å². The van der Waals surface area contributed by atoms with Gasteiger partial charge in [-0.15, -0.1) is 0 Å². The second-order valence-electron chi connectivity index (χ2n) is 29.7. The van der Waals surface area contributed by atoms with Crippen molar-refractivity contribution in [2.75, 3.05) is 78.4 Å². The summed E-state index contributed by atoms with van der Waals surface area (Å²) in [4.78, 5) is 13.1. The SMILES string of the molecule is CC(=O)NC1[C@H](OC2[C@H](O[C@@H]3C(CO[C@@H]4OC(CO)[C@@H](O)[C@H](O)C4O[C@H]4OC(CO)[C@@H](O[C@@H]5OC(CO)[C@H](O[C@H]6OC(CO)[C@H](O)[C@H](O)C6O)[C@H](O)C5O)[C@H](O)C4O)O[C@H](OCCCS)C(O)[C@H]3O[C@@H]3OC(CO)[C@@H](O)[C@H](O)C3O)OC(CO)[C@@H](O)[C@@H]2O)OC(CO)[C@@H](O[C@@H]2OC(CO)[C@H](O[C@H]3OC(CO)[C@H](O)[C@H](O)C3O)[C@H](O)C2O)[C@@H]1O. The van der Waals surface area contributed by atoms with Gasteiger partial charge in [0, 0.05) is 6.92 Å². The molecule has 10 fully saturated rings. The molecule has 0 aromatic heterocycles. The van der Waals surface area contributed by atoms with Gasteiger partial charge in [-0.05, 0) is 12.2 Å². The van der Waals surface area contributed by atoms with Crippen molar-refractivity contribution in [3.8, 4) is 0 Å². The smallest absolute Gasteiger partial charge is 0.217 e. The van der Waals surface area contributed by atoms with Gasteiger partial charge in [0.15, 0.2) is 62.9 Å².